The van der Waals surface area contributed by atoms with Crippen molar-refractivity contribution in [3.8, 4) is 0 Å². The second-order valence-electron chi connectivity index (χ2n) is 9.05. The fraction of sp³-hybridized carbons (Fsp3) is 0.667. The van der Waals surface area contributed by atoms with Gasteiger partial charge in [-0.1, -0.05) is 12.1 Å². The molecular weight excluding hydrogens is 406 g/mol. The van der Waals surface area contributed by atoms with Crippen LogP contribution in [-0.4, -0.2) is 75.0 Å². The zero-order valence-corrected chi connectivity index (χ0v) is 20.4. The number of aliphatic imine (C=N–C) groups is 1. The summed E-state index contributed by atoms with van der Waals surface area (Å²) in [5, 5.41) is 9.52. The van der Waals surface area contributed by atoms with Crippen molar-refractivity contribution in [1.29, 1.82) is 0 Å². The Kier molecular flexibility index (Phi) is 10.8. The highest BCUT2D eigenvalue weighted by Crippen LogP contribution is 2.17. The Balaban J connectivity index is 1.79. The quantitative estimate of drug-likeness (QED) is 0.377. The van der Waals surface area contributed by atoms with Crippen LogP contribution in [0.1, 0.15) is 46.1 Å². The lowest BCUT2D eigenvalue weighted by Gasteiger charge is -2.23. The van der Waals surface area contributed by atoms with Gasteiger partial charge in [0.15, 0.2) is 5.96 Å². The number of guanidine groups is 1. The molecule has 1 saturated heterocycles. The van der Waals surface area contributed by atoms with Crippen LogP contribution in [0.15, 0.2) is 29.3 Å². The highest BCUT2D eigenvalue weighted by Gasteiger charge is 2.23. The maximum Gasteiger partial charge on any atom is 0.412 e. The molecule has 1 heterocycles. The standard InChI is InChI=1S/C24H41N5O3/c1-6-25-22(27-18-21-8-7-15-29(21)16-17-31-5)26-14-13-19-9-11-20(12-10-19)28-23(30)32-24(2,3)4/h9-12,21H,6-8,13-18H2,1-5H3,(H,28,30)(H2,25,26,27). The van der Waals surface area contributed by atoms with E-state index in [2.05, 4.69) is 27.8 Å². The van der Waals surface area contributed by atoms with E-state index in [-0.39, 0.29) is 0 Å². The van der Waals surface area contributed by atoms with Gasteiger partial charge in [-0.3, -0.25) is 15.2 Å². The number of amides is 1. The van der Waals surface area contributed by atoms with Gasteiger partial charge in [-0.25, -0.2) is 4.79 Å². The first-order chi connectivity index (χ1) is 15.3. The number of nitrogens with one attached hydrogen (secondary N) is 3. The van der Waals surface area contributed by atoms with E-state index >= 15 is 0 Å². The number of likely N-dealkylation sites (tertiary alicyclic amines) is 1. The van der Waals surface area contributed by atoms with Crippen molar-refractivity contribution in [3.05, 3.63) is 29.8 Å². The number of ether oxygens (including phenoxy) is 2. The number of methoxy groups -OCH3 is 1. The van der Waals surface area contributed by atoms with Crippen LogP contribution in [0.25, 0.3) is 0 Å². The smallest absolute Gasteiger partial charge is 0.412 e. The Bertz CT molecular complexity index is 715. The Morgan fingerprint density at radius 3 is 2.62 bits per heavy atom. The molecule has 0 saturated carbocycles. The monoisotopic (exact) mass is 447 g/mol. The Morgan fingerprint density at radius 2 is 1.97 bits per heavy atom. The average Bonchev–Trinajstić information content (AvgIpc) is 3.17. The third kappa shape index (κ3) is 9.87. The molecule has 2 rings (SSSR count). The highest BCUT2D eigenvalue weighted by molar-refractivity contribution is 5.84. The summed E-state index contributed by atoms with van der Waals surface area (Å²) < 4.78 is 10.5. The van der Waals surface area contributed by atoms with Gasteiger partial charge in [-0.15, -0.1) is 0 Å². The van der Waals surface area contributed by atoms with Crippen LogP contribution in [0.2, 0.25) is 0 Å². The summed E-state index contributed by atoms with van der Waals surface area (Å²) in [5.74, 6) is 0.856. The summed E-state index contributed by atoms with van der Waals surface area (Å²) in [4.78, 5) is 19.2. The molecule has 8 nitrogen and oxygen atoms in total. The van der Waals surface area contributed by atoms with Crippen LogP contribution in [-0.2, 0) is 15.9 Å². The summed E-state index contributed by atoms with van der Waals surface area (Å²) in [6, 6.07) is 8.32. The minimum atomic E-state index is -0.512. The normalized spacial score (nSPS) is 17.3. The molecule has 1 aromatic carbocycles. The largest absolute Gasteiger partial charge is 0.444 e. The lowest BCUT2D eigenvalue weighted by Crippen LogP contribution is -2.40. The Morgan fingerprint density at radius 1 is 1.22 bits per heavy atom. The SMILES string of the molecule is CCNC(=NCC1CCCN1CCOC)NCCc1ccc(NC(=O)OC(C)(C)C)cc1. The molecule has 180 valence electrons. The van der Waals surface area contributed by atoms with Crippen molar-refractivity contribution < 1.29 is 14.3 Å². The second kappa shape index (κ2) is 13.3. The molecular formula is C24H41N5O3. The van der Waals surface area contributed by atoms with Crippen LogP contribution in [0.4, 0.5) is 10.5 Å². The van der Waals surface area contributed by atoms with Crippen LogP contribution in [0.5, 0.6) is 0 Å². The summed E-state index contributed by atoms with van der Waals surface area (Å²) in [6.45, 7) is 12.9. The topological polar surface area (TPSA) is 87.2 Å². The third-order valence-electron chi connectivity index (χ3n) is 5.19. The molecule has 1 aromatic rings. The van der Waals surface area contributed by atoms with Gasteiger partial charge in [0.25, 0.3) is 0 Å². The number of carbonyl (C=O) groups excluding carboxylic acids is 1. The second-order valence-corrected chi connectivity index (χ2v) is 9.05. The van der Waals surface area contributed by atoms with E-state index in [9.17, 15) is 4.79 Å². The summed E-state index contributed by atoms with van der Waals surface area (Å²) in [5.41, 5.74) is 1.40. The zero-order chi connectivity index (χ0) is 23.4. The van der Waals surface area contributed by atoms with Crippen LogP contribution in [0, 0.1) is 0 Å². The first-order valence-electron chi connectivity index (χ1n) is 11.6. The molecule has 1 fully saturated rings. The van der Waals surface area contributed by atoms with Crippen molar-refractivity contribution in [2.75, 3.05) is 51.8 Å². The number of hydrogen-bond acceptors (Lipinski definition) is 5. The summed E-state index contributed by atoms with van der Waals surface area (Å²) >= 11 is 0. The molecule has 1 amide bonds. The maximum atomic E-state index is 11.9. The molecule has 32 heavy (non-hydrogen) atoms. The zero-order valence-electron chi connectivity index (χ0n) is 20.4. The molecule has 1 unspecified atom stereocenters. The first-order valence-corrected chi connectivity index (χ1v) is 11.6. The van der Waals surface area contributed by atoms with E-state index in [1.807, 2.05) is 45.0 Å². The molecule has 0 aromatic heterocycles. The number of benzene rings is 1. The van der Waals surface area contributed by atoms with Crippen LogP contribution < -0.4 is 16.0 Å². The van der Waals surface area contributed by atoms with Gasteiger partial charge in [-0.05, 0) is 71.2 Å². The van der Waals surface area contributed by atoms with Gasteiger partial charge in [-0.2, -0.15) is 0 Å². The van der Waals surface area contributed by atoms with Gasteiger partial charge in [0.05, 0.1) is 13.2 Å². The van der Waals surface area contributed by atoms with Gasteiger partial charge in [0.1, 0.15) is 5.60 Å². The summed E-state index contributed by atoms with van der Waals surface area (Å²) in [7, 11) is 1.75. The van der Waals surface area contributed by atoms with Gasteiger partial charge in [0, 0.05) is 38.5 Å². The molecule has 1 aliphatic heterocycles. The van der Waals surface area contributed by atoms with Gasteiger partial charge >= 0.3 is 6.09 Å². The molecule has 3 N–H and O–H groups in total. The van der Waals surface area contributed by atoms with Gasteiger partial charge < -0.3 is 20.1 Å². The van der Waals surface area contributed by atoms with Crippen LogP contribution >= 0.6 is 0 Å². The number of nitrogens with zero attached hydrogens (tertiary/aromatic N) is 2. The summed E-state index contributed by atoms with van der Waals surface area (Å²) in [6.07, 6.45) is 2.84. The fourth-order valence-corrected chi connectivity index (χ4v) is 3.64. The predicted octanol–water partition coefficient (Wildman–Crippen LogP) is 3.24. The molecule has 1 aliphatic rings. The van der Waals surface area contributed by atoms with Crippen molar-refractivity contribution in [2.24, 2.45) is 4.99 Å². The third-order valence-corrected chi connectivity index (χ3v) is 5.19. The first kappa shape index (κ1) is 25.9. The van der Waals surface area contributed by atoms with E-state index in [0.717, 1.165) is 57.4 Å². The van der Waals surface area contributed by atoms with Gasteiger partial charge in [0.2, 0.25) is 0 Å². The Hall–Kier alpha value is -2.32. The molecule has 1 atom stereocenters. The van der Waals surface area contributed by atoms with E-state index in [4.69, 9.17) is 14.5 Å². The average molecular weight is 448 g/mol. The molecule has 0 radical (unpaired) electrons. The number of hydrogen-bond donors (Lipinski definition) is 3. The Labute approximate surface area is 193 Å². The van der Waals surface area contributed by atoms with Crippen molar-refractivity contribution in [2.45, 2.75) is 58.6 Å². The lowest BCUT2D eigenvalue weighted by molar-refractivity contribution is 0.0636. The van der Waals surface area contributed by atoms with E-state index < -0.39 is 11.7 Å². The molecule has 0 spiro atoms. The maximum absolute atomic E-state index is 11.9. The number of rotatable bonds is 10. The van der Waals surface area contributed by atoms with Crippen molar-refractivity contribution >= 4 is 17.7 Å². The molecule has 0 aliphatic carbocycles. The number of carbonyl (C=O) groups is 1. The van der Waals surface area contributed by atoms with E-state index in [0.29, 0.717) is 6.04 Å². The fourth-order valence-electron chi connectivity index (χ4n) is 3.64. The minimum Gasteiger partial charge on any atom is -0.444 e. The number of anilines is 1. The predicted molar refractivity (Wildman–Crippen MR) is 130 cm³/mol. The van der Waals surface area contributed by atoms with Crippen molar-refractivity contribution in [1.82, 2.24) is 15.5 Å². The van der Waals surface area contributed by atoms with Crippen molar-refractivity contribution in [3.63, 3.8) is 0 Å². The van der Waals surface area contributed by atoms with E-state index in [1.165, 1.54) is 18.4 Å². The molecule has 0 bridgehead atoms. The lowest BCUT2D eigenvalue weighted by atomic mass is 10.1. The van der Waals surface area contributed by atoms with E-state index in [1.54, 1.807) is 7.11 Å². The minimum absolute atomic E-state index is 0.443. The highest BCUT2D eigenvalue weighted by atomic mass is 16.6. The van der Waals surface area contributed by atoms with Crippen LogP contribution in [0.3, 0.4) is 0 Å². The molecule has 8 heteroatoms.